The lowest BCUT2D eigenvalue weighted by Crippen LogP contribution is -2.51. The third kappa shape index (κ3) is 6.57. The minimum atomic E-state index is -1.02. The molecule has 7 nitrogen and oxygen atoms in total. The fraction of sp³-hybridized carbons (Fsp3) is 0.515. The van der Waals surface area contributed by atoms with E-state index in [1.54, 1.807) is 18.0 Å². The Kier molecular flexibility index (Phi) is 8.95. The lowest BCUT2D eigenvalue weighted by atomic mass is 9.58. The highest BCUT2D eigenvalue weighted by atomic mass is 35.5. The van der Waals surface area contributed by atoms with Gasteiger partial charge < -0.3 is 24.7 Å². The van der Waals surface area contributed by atoms with Gasteiger partial charge in [-0.15, -0.1) is 0 Å². The van der Waals surface area contributed by atoms with E-state index in [1.807, 2.05) is 42.5 Å². The molecule has 2 heterocycles. The van der Waals surface area contributed by atoms with Crippen LogP contribution >= 0.6 is 11.6 Å². The van der Waals surface area contributed by atoms with Crippen molar-refractivity contribution in [3.8, 4) is 5.75 Å². The third-order valence-electron chi connectivity index (χ3n) is 9.35. The maximum Gasteiger partial charge on any atom is 0.311 e. The van der Waals surface area contributed by atoms with E-state index in [2.05, 4.69) is 11.8 Å². The molecule has 1 fully saturated rings. The van der Waals surface area contributed by atoms with Crippen molar-refractivity contribution >= 4 is 29.2 Å². The Morgan fingerprint density at radius 2 is 1.95 bits per heavy atom. The molecule has 2 aromatic carbocycles. The highest BCUT2D eigenvalue weighted by Gasteiger charge is 2.47. The summed E-state index contributed by atoms with van der Waals surface area (Å²) < 4.78 is 6.45. The van der Waals surface area contributed by atoms with E-state index in [4.69, 9.17) is 16.3 Å². The maximum atomic E-state index is 13.0. The number of carbonyl (C=O) groups excluding carboxylic acids is 1. The quantitative estimate of drug-likeness (QED) is 0.413. The Labute approximate surface area is 247 Å². The zero-order valence-electron chi connectivity index (χ0n) is 24.0. The molecular weight excluding hydrogens is 540 g/mol. The standard InChI is InChI=1S/C33H41ClN2O5/c1-33-14-13-27(33)29(37)8-4-5-15-35(2)31(38)19-26(32(39)40)23-10-12-30-28(18-23)36(21-33)16-6-3-7-22-17-25(34)11-9-24(22)20-41-30/h4,8-12,17-18,26-27,29,37H,3,5-7,13-16,19-21H2,1-2H3,(H,39,40)/b8-4+/t26?,27-,29-,33?/m0/s1. The number of anilines is 1. The number of carboxylic acids is 1. The number of carboxylic acid groups (broad SMARTS) is 1. The molecule has 0 saturated heterocycles. The largest absolute Gasteiger partial charge is 0.487 e. The van der Waals surface area contributed by atoms with Gasteiger partial charge in [-0.3, -0.25) is 9.59 Å². The molecule has 0 spiro atoms. The zero-order valence-corrected chi connectivity index (χ0v) is 24.8. The second-order valence-corrected chi connectivity index (χ2v) is 12.7. The summed E-state index contributed by atoms with van der Waals surface area (Å²) in [6.07, 6.45) is 8.52. The number of aliphatic hydroxyl groups is 1. The number of aliphatic carboxylic acids is 1. The van der Waals surface area contributed by atoms with E-state index < -0.39 is 18.0 Å². The zero-order chi connectivity index (χ0) is 29.1. The lowest BCUT2D eigenvalue weighted by molar-refractivity contribution is -0.142. The molecule has 2 bridgehead atoms. The van der Waals surface area contributed by atoms with Crippen LogP contribution in [-0.4, -0.2) is 59.8 Å². The van der Waals surface area contributed by atoms with Crippen LogP contribution in [0.1, 0.15) is 68.1 Å². The number of hydrogen-bond donors (Lipinski definition) is 2. The number of ether oxygens (including phenoxy) is 1. The lowest BCUT2D eigenvalue weighted by Gasteiger charge is -2.51. The van der Waals surface area contributed by atoms with Gasteiger partial charge in [-0.1, -0.05) is 42.8 Å². The molecule has 2 aliphatic heterocycles. The molecule has 220 valence electrons. The fourth-order valence-corrected chi connectivity index (χ4v) is 6.80. The van der Waals surface area contributed by atoms with Crippen molar-refractivity contribution < 1.29 is 24.5 Å². The molecule has 0 radical (unpaired) electrons. The van der Waals surface area contributed by atoms with Crippen molar-refractivity contribution in [1.29, 1.82) is 0 Å². The number of aryl methyl sites for hydroxylation is 1. The molecule has 2 unspecified atom stereocenters. The molecule has 1 amide bonds. The van der Waals surface area contributed by atoms with Crippen LogP contribution in [0.4, 0.5) is 5.69 Å². The fourth-order valence-electron chi connectivity index (χ4n) is 6.61. The summed E-state index contributed by atoms with van der Waals surface area (Å²) in [5, 5.41) is 22.0. The Balaban J connectivity index is 1.57. The Morgan fingerprint density at radius 3 is 2.71 bits per heavy atom. The van der Waals surface area contributed by atoms with Crippen molar-refractivity contribution in [2.45, 2.75) is 70.5 Å². The summed E-state index contributed by atoms with van der Waals surface area (Å²) in [6.45, 7) is 4.58. The van der Waals surface area contributed by atoms with Gasteiger partial charge in [0.25, 0.3) is 0 Å². The molecule has 41 heavy (non-hydrogen) atoms. The van der Waals surface area contributed by atoms with Gasteiger partial charge in [0.1, 0.15) is 12.4 Å². The first-order valence-electron chi connectivity index (χ1n) is 14.7. The Hall–Kier alpha value is -3.03. The first-order chi connectivity index (χ1) is 19.6. The molecule has 2 aromatic rings. The number of benzene rings is 2. The minimum absolute atomic E-state index is 0.107. The van der Waals surface area contributed by atoms with E-state index in [0.29, 0.717) is 35.9 Å². The number of rotatable bonds is 1. The normalized spacial score (nSPS) is 28.3. The van der Waals surface area contributed by atoms with Gasteiger partial charge in [0, 0.05) is 38.1 Å². The number of nitrogens with zero attached hydrogens (tertiary/aromatic N) is 2. The molecule has 1 saturated carbocycles. The van der Waals surface area contributed by atoms with E-state index in [1.165, 1.54) is 5.56 Å². The van der Waals surface area contributed by atoms with Gasteiger partial charge in [-0.2, -0.15) is 0 Å². The summed E-state index contributed by atoms with van der Waals surface area (Å²) in [4.78, 5) is 29.4. The van der Waals surface area contributed by atoms with Crippen molar-refractivity contribution in [2.75, 3.05) is 31.6 Å². The van der Waals surface area contributed by atoms with Crippen LogP contribution in [0.5, 0.6) is 5.75 Å². The molecule has 2 N–H and O–H groups in total. The van der Waals surface area contributed by atoms with E-state index in [0.717, 1.165) is 56.4 Å². The Bertz CT molecular complexity index is 1310. The molecule has 1 aliphatic carbocycles. The van der Waals surface area contributed by atoms with Crippen LogP contribution in [0, 0.1) is 11.3 Å². The summed E-state index contributed by atoms with van der Waals surface area (Å²) in [6, 6.07) is 11.5. The second-order valence-electron chi connectivity index (χ2n) is 12.2. The van der Waals surface area contributed by atoms with Gasteiger partial charge in [0.2, 0.25) is 5.91 Å². The predicted molar refractivity (Wildman–Crippen MR) is 161 cm³/mol. The van der Waals surface area contributed by atoms with Gasteiger partial charge >= 0.3 is 5.97 Å². The molecule has 4 atom stereocenters. The molecule has 5 rings (SSSR count). The van der Waals surface area contributed by atoms with Crippen LogP contribution in [0.3, 0.4) is 0 Å². The van der Waals surface area contributed by atoms with Crippen molar-refractivity contribution in [1.82, 2.24) is 4.90 Å². The monoisotopic (exact) mass is 580 g/mol. The van der Waals surface area contributed by atoms with Crippen LogP contribution in [0.2, 0.25) is 5.02 Å². The van der Waals surface area contributed by atoms with Crippen LogP contribution in [0.15, 0.2) is 48.6 Å². The first kappa shape index (κ1) is 29.5. The Morgan fingerprint density at radius 1 is 1.12 bits per heavy atom. The highest BCUT2D eigenvalue weighted by molar-refractivity contribution is 6.30. The number of hydrogen-bond acceptors (Lipinski definition) is 5. The van der Waals surface area contributed by atoms with Gasteiger partial charge in [-0.25, -0.2) is 0 Å². The van der Waals surface area contributed by atoms with Crippen molar-refractivity contribution in [2.24, 2.45) is 11.3 Å². The molecule has 0 aromatic heterocycles. The van der Waals surface area contributed by atoms with E-state index in [9.17, 15) is 19.8 Å². The highest BCUT2D eigenvalue weighted by Crippen LogP contribution is 2.50. The number of carbonyl (C=O) groups is 2. The average Bonchev–Trinajstić information content (AvgIpc) is 2.96. The van der Waals surface area contributed by atoms with Crippen molar-refractivity contribution in [3.63, 3.8) is 0 Å². The summed E-state index contributed by atoms with van der Waals surface area (Å²) in [5.74, 6) is -1.39. The maximum absolute atomic E-state index is 13.0. The predicted octanol–water partition coefficient (Wildman–Crippen LogP) is 5.82. The molecule has 8 heteroatoms. The molecular formula is C33H41ClN2O5. The first-order valence-corrected chi connectivity index (χ1v) is 15.1. The van der Waals surface area contributed by atoms with Gasteiger partial charge in [-0.05, 0) is 90.8 Å². The van der Waals surface area contributed by atoms with Crippen LogP contribution in [-0.2, 0) is 22.6 Å². The second kappa shape index (κ2) is 12.5. The van der Waals surface area contributed by atoms with E-state index in [-0.39, 0.29) is 23.7 Å². The van der Waals surface area contributed by atoms with Crippen molar-refractivity contribution in [3.05, 3.63) is 70.3 Å². The van der Waals surface area contributed by atoms with Gasteiger partial charge in [0.15, 0.2) is 0 Å². The molecule has 3 aliphatic rings. The average molecular weight is 581 g/mol. The minimum Gasteiger partial charge on any atom is -0.487 e. The summed E-state index contributed by atoms with van der Waals surface area (Å²) >= 11 is 6.32. The summed E-state index contributed by atoms with van der Waals surface area (Å²) in [5.41, 5.74) is 3.60. The SMILES string of the molecule is CN1CC/C=C/[C@H](O)[C@@H]2CCC2(C)CN2CCCCc3cc(Cl)ccc3COc3ccc(cc32)C(C(=O)O)CC1=O. The number of fused-ring (bicyclic) bond motifs is 3. The number of aliphatic hydroxyl groups excluding tert-OH is 1. The number of halogens is 1. The van der Waals surface area contributed by atoms with E-state index >= 15 is 0 Å². The summed E-state index contributed by atoms with van der Waals surface area (Å²) in [7, 11) is 1.70. The van der Waals surface area contributed by atoms with Crippen LogP contribution in [0.25, 0.3) is 0 Å². The topological polar surface area (TPSA) is 90.3 Å². The van der Waals surface area contributed by atoms with Gasteiger partial charge in [0.05, 0.1) is 17.7 Å². The van der Waals surface area contributed by atoms with Crippen LogP contribution < -0.4 is 9.64 Å². The number of amides is 1. The third-order valence-corrected chi connectivity index (χ3v) is 9.59. The smallest absolute Gasteiger partial charge is 0.311 e.